The van der Waals surface area contributed by atoms with Crippen LogP contribution in [0.4, 0.5) is 5.69 Å². The number of hydrogen-bond donors (Lipinski definition) is 1. The Labute approximate surface area is 173 Å². The molecule has 150 valence electrons. The molecule has 0 heterocycles. The third-order valence-corrected chi connectivity index (χ3v) is 6.75. The summed E-state index contributed by atoms with van der Waals surface area (Å²) in [5.41, 5.74) is 1.71. The van der Waals surface area contributed by atoms with Gasteiger partial charge in [0.05, 0.1) is 10.6 Å². The van der Waals surface area contributed by atoms with E-state index in [9.17, 15) is 22.8 Å². The highest BCUT2D eigenvalue weighted by atomic mass is 32.2. The van der Waals surface area contributed by atoms with Gasteiger partial charge in [0.2, 0.25) is 0 Å². The monoisotopic (exact) mass is 419 g/mol. The average Bonchev–Trinajstić information content (AvgIpc) is 2.77. The summed E-state index contributed by atoms with van der Waals surface area (Å²) < 4.78 is 24.1. The summed E-state index contributed by atoms with van der Waals surface area (Å²) in [7, 11) is -3.44. The van der Waals surface area contributed by atoms with Gasteiger partial charge < -0.3 is 5.32 Å². The third-order valence-electron chi connectivity index (χ3n) is 5.02. The normalized spacial score (nSPS) is 12.8. The van der Waals surface area contributed by atoms with E-state index in [1.807, 2.05) is 0 Å². The molecule has 1 amide bonds. The number of carbonyl (C=O) groups is 3. The zero-order valence-electron chi connectivity index (χ0n) is 16.0. The molecule has 30 heavy (non-hydrogen) atoms. The van der Waals surface area contributed by atoms with E-state index in [1.165, 1.54) is 43.3 Å². The Morgan fingerprint density at radius 1 is 0.800 bits per heavy atom. The molecule has 1 aliphatic rings. The minimum absolute atomic E-state index is 0.0689. The van der Waals surface area contributed by atoms with E-state index in [1.54, 1.807) is 30.3 Å². The Morgan fingerprint density at radius 3 is 2.10 bits per heavy atom. The largest absolute Gasteiger partial charge is 0.322 e. The second kappa shape index (κ2) is 7.35. The van der Waals surface area contributed by atoms with E-state index in [4.69, 9.17) is 0 Å². The lowest BCUT2D eigenvalue weighted by atomic mass is 9.84. The van der Waals surface area contributed by atoms with Gasteiger partial charge in [-0.1, -0.05) is 37.3 Å². The highest BCUT2D eigenvalue weighted by molar-refractivity contribution is 7.91. The zero-order chi connectivity index (χ0) is 21.5. The van der Waals surface area contributed by atoms with Gasteiger partial charge in [0.15, 0.2) is 21.4 Å². The summed E-state index contributed by atoms with van der Waals surface area (Å²) in [4.78, 5) is 38.2. The number of carbonyl (C=O) groups excluding carboxylic acids is 3. The maximum absolute atomic E-state index is 12.8. The number of ketones is 2. The van der Waals surface area contributed by atoms with Crippen molar-refractivity contribution < 1.29 is 22.8 Å². The summed E-state index contributed by atoms with van der Waals surface area (Å²) in [5.74, 6) is -1.11. The molecule has 4 rings (SSSR count). The molecular formula is C23H17NO5S. The fourth-order valence-corrected chi connectivity index (χ4v) is 4.30. The molecule has 0 bridgehead atoms. The van der Waals surface area contributed by atoms with Gasteiger partial charge >= 0.3 is 0 Å². The number of benzene rings is 3. The molecule has 3 aromatic rings. The Balaban J connectivity index is 1.65. The van der Waals surface area contributed by atoms with Crippen LogP contribution in [0.2, 0.25) is 0 Å². The van der Waals surface area contributed by atoms with Crippen molar-refractivity contribution in [2.24, 2.45) is 0 Å². The van der Waals surface area contributed by atoms with Crippen molar-refractivity contribution in [2.75, 3.05) is 11.1 Å². The molecule has 1 N–H and O–H groups in total. The van der Waals surface area contributed by atoms with Gasteiger partial charge in [0, 0.05) is 33.5 Å². The first-order valence-corrected chi connectivity index (χ1v) is 10.9. The minimum atomic E-state index is -3.44. The third kappa shape index (κ3) is 3.33. The van der Waals surface area contributed by atoms with Crippen molar-refractivity contribution in [3.63, 3.8) is 0 Å². The second-order valence-corrected chi connectivity index (χ2v) is 9.13. The Kier molecular flexibility index (Phi) is 4.83. The number of anilines is 1. The zero-order valence-corrected chi connectivity index (χ0v) is 16.8. The van der Waals surface area contributed by atoms with Crippen LogP contribution in [0, 0.1) is 0 Å². The predicted octanol–water partition coefficient (Wildman–Crippen LogP) is 3.51. The average molecular weight is 419 g/mol. The summed E-state index contributed by atoms with van der Waals surface area (Å²) in [6.07, 6.45) is 0. The molecule has 0 saturated heterocycles. The summed E-state index contributed by atoms with van der Waals surface area (Å²) in [6, 6.07) is 16.9. The van der Waals surface area contributed by atoms with Crippen LogP contribution in [0.25, 0.3) is 0 Å². The molecule has 0 atom stereocenters. The van der Waals surface area contributed by atoms with Gasteiger partial charge in [-0.05, 0) is 36.4 Å². The number of rotatable bonds is 4. The quantitative estimate of drug-likeness (QED) is 0.546. The number of fused-ring (bicyclic) bond motifs is 2. The van der Waals surface area contributed by atoms with Crippen molar-refractivity contribution in [1.82, 2.24) is 0 Å². The standard InChI is InChI=1S/C23H17NO5S/c1-2-30(28,29)16-7-5-6-14(12-16)23(27)24-15-10-11-19-20(13-15)22(26)18-9-4-3-8-17(18)21(19)25/h3-13H,2H2,1H3,(H,24,27). The molecule has 0 unspecified atom stereocenters. The van der Waals surface area contributed by atoms with E-state index in [0.717, 1.165) is 0 Å². The van der Waals surface area contributed by atoms with Crippen LogP contribution in [0.5, 0.6) is 0 Å². The van der Waals surface area contributed by atoms with E-state index >= 15 is 0 Å². The predicted molar refractivity (Wildman–Crippen MR) is 112 cm³/mol. The first-order chi connectivity index (χ1) is 14.3. The molecule has 0 spiro atoms. The molecule has 0 fully saturated rings. The van der Waals surface area contributed by atoms with Gasteiger partial charge in [-0.15, -0.1) is 0 Å². The van der Waals surface area contributed by atoms with Crippen LogP contribution in [-0.2, 0) is 9.84 Å². The maximum atomic E-state index is 12.8. The van der Waals surface area contributed by atoms with Crippen LogP contribution < -0.4 is 5.32 Å². The minimum Gasteiger partial charge on any atom is -0.322 e. The first kappa shape index (κ1) is 19.7. The fourth-order valence-electron chi connectivity index (χ4n) is 3.38. The Morgan fingerprint density at radius 2 is 1.43 bits per heavy atom. The van der Waals surface area contributed by atoms with Crippen molar-refractivity contribution in [3.05, 3.63) is 94.5 Å². The van der Waals surface area contributed by atoms with Crippen LogP contribution in [0.15, 0.2) is 71.6 Å². The van der Waals surface area contributed by atoms with Gasteiger partial charge in [0.25, 0.3) is 5.91 Å². The van der Waals surface area contributed by atoms with Crippen molar-refractivity contribution in [1.29, 1.82) is 0 Å². The number of amides is 1. The molecular weight excluding hydrogens is 402 g/mol. The number of hydrogen-bond acceptors (Lipinski definition) is 5. The van der Waals surface area contributed by atoms with Crippen LogP contribution in [0.1, 0.15) is 49.1 Å². The van der Waals surface area contributed by atoms with Gasteiger partial charge in [-0.3, -0.25) is 14.4 Å². The topological polar surface area (TPSA) is 97.4 Å². The molecule has 0 aromatic heterocycles. The highest BCUT2D eigenvalue weighted by Crippen LogP contribution is 2.29. The van der Waals surface area contributed by atoms with E-state index in [-0.39, 0.29) is 38.9 Å². The SMILES string of the molecule is CCS(=O)(=O)c1cccc(C(=O)Nc2ccc3c(c2)C(=O)c2ccccc2C3=O)c1. The van der Waals surface area contributed by atoms with Gasteiger partial charge in [-0.25, -0.2) is 8.42 Å². The van der Waals surface area contributed by atoms with E-state index in [2.05, 4.69) is 5.32 Å². The summed E-state index contributed by atoms with van der Waals surface area (Å²) in [6.45, 7) is 1.53. The molecule has 6 nitrogen and oxygen atoms in total. The second-order valence-electron chi connectivity index (χ2n) is 6.85. The van der Waals surface area contributed by atoms with Crippen molar-refractivity contribution in [3.8, 4) is 0 Å². The smallest absolute Gasteiger partial charge is 0.255 e. The lowest BCUT2D eigenvalue weighted by Crippen LogP contribution is -2.21. The molecule has 0 aliphatic heterocycles. The van der Waals surface area contributed by atoms with Crippen LogP contribution in [-0.4, -0.2) is 31.6 Å². The summed E-state index contributed by atoms with van der Waals surface area (Å²) >= 11 is 0. The lowest BCUT2D eigenvalue weighted by Gasteiger charge is -2.18. The highest BCUT2D eigenvalue weighted by Gasteiger charge is 2.29. The van der Waals surface area contributed by atoms with Crippen molar-refractivity contribution >= 4 is 33.0 Å². The van der Waals surface area contributed by atoms with Crippen molar-refractivity contribution in [2.45, 2.75) is 11.8 Å². The fraction of sp³-hybridized carbons (Fsp3) is 0.0870. The molecule has 0 radical (unpaired) electrons. The Hall–Kier alpha value is -3.58. The summed E-state index contributed by atoms with van der Waals surface area (Å²) in [5, 5.41) is 2.67. The van der Waals surface area contributed by atoms with E-state index < -0.39 is 15.7 Å². The molecule has 7 heteroatoms. The number of sulfone groups is 1. The van der Waals surface area contributed by atoms with Crippen LogP contribution >= 0.6 is 0 Å². The van der Waals surface area contributed by atoms with E-state index in [0.29, 0.717) is 16.8 Å². The van der Waals surface area contributed by atoms with Gasteiger partial charge in [-0.2, -0.15) is 0 Å². The maximum Gasteiger partial charge on any atom is 0.255 e. The lowest BCUT2D eigenvalue weighted by molar-refractivity contribution is 0.0979. The first-order valence-electron chi connectivity index (χ1n) is 9.28. The molecule has 3 aromatic carbocycles. The van der Waals surface area contributed by atoms with Crippen LogP contribution in [0.3, 0.4) is 0 Å². The Bertz CT molecular complexity index is 1320. The molecule has 1 aliphatic carbocycles. The molecule has 0 saturated carbocycles. The van der Waals surface area contributed by atoms with Gasteiger partial charge in [0.1, 0.15) is 0 Å². The number of nitrogens with one attached hydrogen (secondary N) is 1.